The molecule has 0 spiro atoms. The van der Waals surface area contributed by atoms with Gasteiger partial charge >= 0.3 is 15.6 Å². The van der Waals surface area contributed by atoms with Crippen molar-refractivity contribution < 1.29 is 30.6 Å². The molecule has 4 nitrogen and oxygen atoms in total. The lowest BCUT2D eigenvalue weighted by Gasteiger charge is -2.18. The molecule has 0 saturated carbocycles. The number of Topliss-reactive ketones (excluding diaryl/α,β-unsaturated/α-hetero) is 1. The zero-order valence-corrected chi connectivity index (χ0v) is 12.3. The normalized spacial score (nSPS) is 13.5. The second kappa shape index (κ2) is 6.51. The van der Waals surface area contributed by atoms with Gasteiger partial charge in [-0.3, -0.25) is 4.79 Å². The maximum absolute atomic E-state index is 12.6. The lowest BCUT2D eigenvalue weighted by atomic mass is 10.0. The lowest BCUT2D eigenvalue weighted by Crippen LogP contribution is -2.30. The number of ketones is 1. The molecular weight excluding hydrogens is 333 g/mol. The van der Waals surface area contributed by atoms with Crippen LogP contribution in [0.5, 0.6) is 0 Å². The van der Waals surface area contributed by atoms with E-state index in [-0.39, 0.29) is 11.1 Å². The second-order valence-corrected chi connectivity index (χ2v) is 6.08. The minimum atomic E-state index is -5.92. The van der Waals surface area contributed by atoms with Gasteiger partial charge in [-0.15, -0.1) is 0 Å². The van der Waals surface area contributed by atoms with Gasteiger partial charge in [0, 0.05) is 5.56 Å². The Labute approximate surface area is 130 Å². The van der Waals surface area contributed by atoms with Crippen molar-refractivity contribution in [1.82, 2.24) is 0 Å². The van der Waals surface area contributed by atoms with Crippen LogP contribution in [0.25, 0.3) is 0 Å². The first kappa shape index (κ1) is 17.2. The van der Waals surface area contributed by atoms with Crippen LogP contribution < -0.4 is 0 Å². The molecule has 1 atom stereocenters. The average molecular weight is 344 g/mol. The van der Waals surface area contributed by atoms with E-state index < -0.39 is 27.5 Å². The van der Waals surface area contributed by atoms with Crippen LogP contribution in [0.15, 0.2) is 60.7 Å². The zero-order chi connectivity index (χ0) is 17.1. The van der Waals surface area contributed by atoms with Crippen LogP contribution in [-0.2, 0) is 14.3 Å². The fraction of sp³-hybridized carbons (Fsp3) is 0.133. The van der Waals surface area contributed by atoms with Crippen molar-refractivity contribution in [2.24, 2.45) is 0 Å². The van der Waals surface area contributed by atoms with E-state index in [1.165, 1.54) is 48.5 Å². The largest absolute Gasteiger partial charge is 0.523 e. The summed E-state index contributed by atoms with van der Waals surface area (Å²) < 4.78 is 64.4. The van der Waals surface area contributed by atoms with E-state index in [1.807, 2.05) is 0 Å². The quantitative estimate of drug-likeness (QED) is 0.473. The highest BCUT2D eigenvalue weighted by Gasteiger charge is 2.49. The van der Waals surface area contributed by atoms with Crippen molar-refractivity contribution in [3.8, 4) is 0 Å². The van der Waals surface area contributed by atoms with Crippen LogP contribution in [0.2, 0.25) is 0 Å². The Kier molecular flexibility index (Phi) is 4.86. The molecule has 2 rings (SSSR count). The first-order chi connectivity index (χ1) is 10.7. The summed E-state index contributed by atoms with van der Waals surface area (Å²) in [5, 5.41) is 0. The second-order valence-electron chi connectivity index (χ2n) is 4.52. The monoisotopic (exact) mass is 344 g/mol. The first-order valence-electron chi connectivity index (χ1n) is 6.36. The van der Waals surface area contributed by atoms with Crippen molar-refractivity contribution in [2.75, 3.05) is 0 Å². The predicted octanol–water partition coefficient (Wildman–Crippen LogP) is 3.48. The fourth-order valence-corrected chi connectivity index (χ4v) is 2.37. The molecule has 0 N–H and O–H groups in total. The molecule has 0 aliphatic rings. The molecule has 0 bridgehead atoms. The maximum Gasteiger partial charge on any atom is 0.523 e. The standard InChI is InChI=1S/C15H11F3O4S/c16-15(17,18)23(20,21)22-14(12-9-5-2-6-10-12)13(19)11-7-3-1-4-8-11/h1-10,14H. The Morgan fingerprint density at radius 2 is 1.39 bits per heavy atom. The number of benzene rings is 2. The smallest absolute Gasteiger partial charge is 0.291 e. The molecule has 0 heterocycles. The molecule has 0 saturated heterocycles. The molecule has 2 aromatic carbocycles. The van der Waals surface area contributed by atoms with E-state index in [0.717, 1.165) is 0 Å². The highest BCUT2D eigenvalue weighted by molar-refractivity contribution is 7.87. The van der Waals surface area contributed by atoms with Crippen molar-refractivity contribution in [1.29, 1.82) is 0 Å². The van der Waals surface area contributed by atoms with E-state index in [9.17, 15) is 26.4 Å². The number of rotatable bonds is 5. The van der Waals surface area contributed by atoms with Crippen LogP contribution in [-0.4, -0.2) is 19.7 Å². The number of hydrogen-bond acceptors (Lipinski definition) is 4. The molecule has 0 aromatic heterocycles. The molecule has 0 fully saturated rings. The minimum absolute atomic E-state index is 0.00850. The van der Waals surface area contributed by atoms with Gasteiger partial charge in [-0.05, 0) is 5.56 Å². The van der Waals surface area contributed by atoms with E-state index in [0.29, 0.717) is 0 Å². The molecular formula is C15H11F3O4S. The number of hydrogen-bond donors (Lipinski definition) is 0. The highest BCUT2D eigenvalue weighted by Crippen LogP contribution is 2.32. The van der Waals surface area contributed by atoms with Crippen molar-refractivity contribution >= 4 is 15.9 Å². The number of halogens is 3. The Balaban J connectivity index is 2.44. The summed E-state index contributed by atoms with van der Waals surface area (Å²) in [5.41, 5.74) is -5.57. The number of alkyl halides is 3. The van der Waals surface area contributed by atoms with Crippen LogP contribution in [0.4, 0.5) is 13.2 Å². The van der Waals surface area contributed by atoms with Gasteiger partial charge in [0.15, 0.2) is 11.9 Å². The molecule has 122 valence electrons. The van der Waals surface area contributed by atoms with Crippen molar-refractivity contribution in [2.45, 2.75) is 11.6 Å². The van der Waals surface area contributed by atoms with Gasteiger partial charge in [0.2, 0.25) is 0 Å². The summed E-state index contributed by atoms with van der Waals surface area (Å²) in [5.74, 6) is -0.885. The van der Waals surface area contributed by atoms with Crippen LogP contribution in [0.3, 0.4) is 0 Å². The van der Waals surface area contributed by atoms with Gasteiger partial charge in [-0.25, -0.2) is 4.18 Å². The average Bonchev–Trinajstić information content (AvgIpc) is 2.52. The predicted molar refractivity (Wildman–Crippen MR) is 76.0 cm³/mol. The van der Waals surface area contributed by atoms with E-state index >= 15 is 0 Å². The van der Waals surface area contributed by atoms with Gasteiger partial charge in [0.05, 0.1) is 0 Å². The Bertz CT molecular complexity index is 771. The molecule has 0 aliphatic heterocycles. The molecule has 23 heavy (non-hydrogen) atoms. The van der Waals surface area contributed by atoms with Crippen molar-refractivity contribution in [3.05, 3.63) is 71.8 Å². The van der Waals surface area contributed by atoms with Crippen molar-refractivity contribution in [3.63, 3.8) is 0 Å². The molecule has 8 heteroatoms. The maximum atomic E-state index is 12.6. The SMILES string of the molecule is O=C(c1ccccc1)C(OS(=O)(=O)C(F)(F)F)c1ccccc1. The molecule has 1 unspecified atom stereocenters. The number of carbonyl (C=O) groups is 1. The lowest BCUT2D eigenvalue weighted by molar-refractivity contribution is -0.0563. The summed E-state index contributed by atoms with van der Waals surface area (Å²) >= 11 is 0. The van der Waals surface area contributed by atoms with Gasteiger partial charge in [-0.2, -0.15) is 21.6 Å². The Hall–Kier alpha value is -2.19. The first-order valence-corrected chi connectivity index (χ1v) is 7.77. The fourth-order valence-electron chi connectivity index (χ4n) is 1.81. The molecule has 0 amide bonds. The summed E-state index contributed by atoms with van der Waals surface area (Å²) in [7, 11) is -5.92. The summed E-state index contributed by atoms with van der Waals surface area (Å²) in [6, 6.07) is 14.5. The topological polar surface area (TPSA) is 60.4 Å². The van der Waals surface area contributed by atoms with Crippen LogP contribution in [0, 0.1) is 0 Å². The van der Waals surface area contributed by atoms with Gasteiger partial charge in [0.1, 0.15) is 0 Å². The molecule has 2 aromatic rings. The van der Waals surface area contributed by atoms with E-state index in [1.54, 1.807) is 12.1 Å². The van der Waals surface area contributed by atoms with Crippen LogP contribution >= 0.6 is 0 Å². The van der Waals surface area contributed by atoms with Crippen LogP contribution in [0.1, 0.15) is 22.0 Å². The highest BCUT2D eigenvalue weighted by atomic mass is 32.2. The van der Waals surface area contributed by atoms with Gasteiger partial charge in [0.25, 0.3) is 0 Å². The van der Waals surface area contributed by atoms with Gasteiger partial charge in [-0.1, -0.05) is 60.7 Å². The summed E-state index contributed by atoms with van der Waals surface area (Å²) in [6.45, 7) is 0. The molecule has 0 aliphatic carbocycles. The number of carbonyl (C=O) groups excluding carboxylic acids is 1. The van der Waals surface area contributed by atoms with Gasteiger partial charge < -0.3 is 0 Å². The Morgan fingerprint density at radius 3 is 1.87 bits per heavy atom. The summed E-state index contributed by atoms with van der Waals surface area (Å²) in [6.07, 6.45) is -1.91. The molecule has 0 radical (unpaired) electrons. The Morgan fingerprint density at radius 1 is 0.913 bits per heavy atom. The third-order valence-electron chi connectivity index (χ3n) is 2.91. The zero-order valence-electron chi connectivity index (χ0n) is 11.5. The van der Waals surface area contributed by atoms with E-state index in [4.69, 9.17) is 0 Å². The third kappa shape index (κ3) is 3.96. The van der Waals surface area contributed by atoms with E-state index in [2.05, 4.69) is 4.18 Å². The minimum Gasteiger partial charge on any atom is -0.291 e. The third-order valence-corrected chi connectivity index (χ3v) is 3.92. The summed E-state index contributed by atoms with van der Waals surface area (Å²) in [4.78, 5) is 12.4.